The number of aliphatic hydroxyl groups is 1. The van der Waals surface area contributed by atoms with Crippen LogP contribution in [0.2, 0.25) is 10.0 Å². The Morgan fingerprint density at radius 3 is 2.66 bits per heavy atom. The molecule has 3 N–H and O–H groups in total. The van der Waals surface area contributed by atoms with Gasteiger partial charge in [0, 0.05) is 28.8 Å². The van der Waals surface area contributed by atoms with Gasteiger partial charge in [-0.15, -0.1) is 10.2 Å². The van der Waals surface area contributed by atoms with Crippen LogP contribution >= 0.6 is 23.2 Å². The Morgan fingerprint density at radius 1 is 1.10 bits per heavy atom. The van der Waals surface area contributed by atoms with Crippen molar-refractivity contribution >= 4 is 40.2 Å². The summed E-state index contributed by atoms with van der Waals surface area (Å²) in [5, 5.41) is 30.6. The predicted octanol–water partition coefficient (Wildman–Crippen LogP) is 5.48. The molecule has 41 heavy (non-hydrogen) atoms. The van der Waals surface area contributed by atoms with Crippen LogP contribution in [0.25, 0.3) is 33.5 Å². The summed E-state index contributed by atoms with van der Waals surface area (Å²) in [6.45, 7) is 1.86. The molecule has 0 amide bonds. The molecule has 0 aliphatic heterocycles. The van der Waals surface area contributed by atoms with Crippen LogP contribution in [0.4, 0.5) is 10.3 Å². The van der Waals surface area contributed by atoms with E-state index in [1.807, 2.05) is 24.3 Å². The lowest BCUT2D eigenvalue weighted by Crippen LogP contribution is -2.22. The number of aryl methyl sites for hydroxylation is 2. The molecule has 14 heteroatoms. The summed E-state index contributed by atoms with van der Waals surface area (Å²) in [5.74, 6) is 0.439. The molecule has 1 atom stereocenters. The fraction of sp³-hybridized carbons (Fsp3) is 0.148. The minimum Gasteiger partial charge on any atom is -0.366 e. The molecule has 0 aliphatic carbocycles. The summed E-state index contributed by atoms with van der Waals surface area (Å²) < 4.78 is 22.2. The van der Waals surface area contributed by atoms with E-state index in [1.165, 1.54) is 10.9 Å². The smallest absolute Gasteiger partial charge is 0.223 e. The van der Waals surface area contributed by atoms with Crippen LogP contribution in [0, 0.1) is 12.7 Å². The zero-order chi connectivity index (χ0) is 28.7. The first kappa shape index (κ1) is 26.7. The summed E-state index contributed by atoms with van der Waals surface area (Å²) >= 11 is 12.8. The van der Waals surface area contributed by atoms with Crippen LogP contribution in [0.15, 0.2) is 65.2 Å². The Kier molecular flexibility index (Phi) is 7.03. The Hall–Kier alpha value is -4.52. The topological polar surface area (TPSA) is 132 Å². The van der Waals surface area contributed by atoms with Crippen molar-refractivity contribution in [3.63, 3.8) is 0 Å². The third-order valence-corrected chi connectivity index (χ3v) is 6.83. The summed E-state index contributed by atoms with van der Waals surface area (Å²) in [4.78, 5) is 5.91. The van der Waals surface area contributed by atoms with Crippen molar-refractivity contribution < 1.29 is 14.0 Å². The lowest BCUT2D eigenvalue weighted by atomic mass is 9.97. The number of hydrogen-bond donors (Lipinski definition) is 3. The van der Waals surface area contributed by atoms with Crippen molar-refractivity contribution in [2.75, 3.05) is 10.7 Å². The van der Waals surface area contributed by atoms with Gasteiger partial charge < -0.3 is 14.9 Å². The van der Waals surface area contributed by atoms with Crippen molar-refractivity contribution in [1.29, 1.82) is 0 Å². The largest absolute Gasteiger partial charge is 0.366 e. The van der Waals surface area contributed by atoms with E-state index in [1.54, 1.807) is 49.0 Å². The summed E-state index contributed by atoms with van der Waals surface area (Å²) in [5.41, 5.74) is 6.94. The molecule has 6 rings (SSSR count). The molecule has 3 heterocycles. The number of para-hydroxylation sites is 2. The fourth-order valence-corrected chi connectivity index (χ4v) is 5.00. The summed E-state index contributed by atoms with van der Waals surface area (Å²) in [6, 6.07) is 17.1. The van der Waals surface area contributed by atoms with Gasteiger partial charge in [-0.2, -0.15) is 4.80 Å². The number of imidazole rings is 1. The van der Waals surface area contributed by atoms with Crippen LogP contribution in [-0.2, 0) is 13.6 Å². The van der Waals surface area contributed by atoms with E-state index in [-0.39, 0.29) is 12.3 Å². The molecule has 0 radical (unpaired) electrons. The van der Waals surface area contributed by atoms with Gasteiger partial charge in [-0.25, -0.2) is 14.1 Å². The highest BCUT2D eigenvalue weighted by molar-refractivity contribution is 6.37. The number of tetrazole rings is 1. The number of nitrogens with one attached hydrogen (secondary N) is 2. The Labute approximate surface area is 242 Å². The molecular formula is C27H22Cl2FN9O2. The number of rotatable bonds is 8. The van der Waals surface area contributed by atoms with Gasteiger partial charge in [-0.3, -0.25) is 5.43 Å². The molecule has 0 bridgehead atoms. The fourth-order valence-electron chi connectivity index (χ4n) is 4.42. The molecule has 0 spiro atoms. The first-order valence-corrected chi connectivity index (χ1v) is 13.1. The second kappa shape index (κ2) is 10.8. The Bertz CT molecular complexity index is 1880. The van der Waals surface area contributed by atoms with E-state index in [2.05, 4.69) is 36.3 Å². The maximum absolute atomic E-state index is 15.5. The van der Waals surface area contributed by atoms with Crippen LogP contribution in [-0.4, -0.2) is 40.1 Å². The predicted molar refractivity (Wildman–Crippen MR) is 152 cm³/mol. The third-order valence-electron chi connectivity index (χ3n) is 6.32. The maximum atomic E-state index is 15.5. The number of anilines is 1. The lowest BCUT2D eigenvalue weighted by Gasteiger charge is -2.16. The first-order chi connectivity index (χ1) is 19.8. The molecule has 0 aliphatic rings. The highest BCUT2D eigenvalue weighted by atomic mass is 35.5. The molecule has 0 saturated heterocycles. The average molecular weight is 594 g/mol. The normalized spacial score (nSPS) is 12.1. The number of nitrogens with zero attached hydrogens (tertiary/aromatic N) is 7. The lowest BCUT2D eigenvalue weighted by molar-refractivity contribution is 0.153. The van der Waals surface area contributed by atoms with Gasteiger partial charge in [0.05, 0.1) is 28.8 Å². The first-order valence-electron chi connectivity index (χ1n) is 12.4. The molecular weight excluding hydrogens is 572 g/mol. The number of aliphatic hydroxyl groups excluding tert-OH is 1. The summed E-state index contributed by atoms with van der Waals surface area (Å²) in [7, 11) is 1.64. The second-order valence-corrected chi connectivity index (χ2v) is 10.1. The van der Waals surface area contributed by atoms with Gasteiger partial charge in [0.25, 0.3) is 0 Å². The van der Waals surface area contributed by atoms with Gasteiger partial charge in [0.2, 0.25) is 18.0 Å². The van der Waals surface area contributed by atoms with Crippen LogP contribution < -0.4 is 10.7 Å². The van der Waals surface area contributed by atoms with Crippen molar-refractivity contribution in [3.8, 4) is 22.5 Å². The molecule has 6 aromatic rings. The number of benzene rings is 3. The van der Waals surface area contributed by atoms with Crippen LogP contribution in [0.3, 0.4) is 0 Å². The minimum absolute atomic E-state index is 0.101. The minimum atomic E-state index is -1.20. The zero-order valence-corrected chi connectivity index (χ0v) is 23.2. The Balaban J connectivity index is 1.29. The molecule has 3 aromatic heterocycles. The molecule has 208 valence electrons. The van der Waals surface area contributed by atoms with Gasteiger partial charge in [-0.05, 0) is 53.6 Å². The number of hydrogen-bond acceptors (Lipinski definition) is 9. The van der Waals surface area contributed by atoms with E-state index in [4.69, 9.17) is 27.7 Å². The van der Waals surface area contributed by atoms with E-state index in [0.717, 1.165) is 0 Å². The van der Waals surface area contributed by atoms with Crippen LogP contribution in [0.5, 0.6) is 0 Å². The number of aromatic nitrogens is 7. The number of fused-ring (bicyclic) bond motifs is 1. The highest BCUT2D eigenvalue weighted by Gasteiger charge is 2.20. The molecule has 3 aromatic carbocycles. The summed E-state index contributed by atoms with van der Waals surface area (Å²) in [6.07, 6.45) is -1.20. The van der Waals surface area contributed by atoms with Crippen molar-refractivity contribution in [2.45, 2.75) is 19.7 Å². The van der Waals surface area contributed by atoms with Gasteiger partial charge in [0.15, 0.2) is 5.76 Å². The van der Waals surface area contributed by atoms with Crippen molar-refractivity contribution in [2.24, 2.45) is 7.05 Å². The van der Waals surface area contributed by atoms with Crippen LogP contribution in [0.1, 0.15) is 23.2 Å². The quantitative estimate of drug-likeness (QED) is 0.196. The Morgan fingerprint density at radius 2 is 1.93 bits per heavy atom. The van der Waals surface area contributed by atoms with Gasteiger partial charge in [-0.1, -0.05) is 52.6 Å². The van der Waals surface area contributed by atoms with Gasteiger partial charge >= 0.3 is 0 Å². The maximum Gasteiger partial charge on any atom is 0.223 e. The average Bonchev–Trinajstić information content (AvgIpc) is 3.66. The van der Waals surface area contributed by atoms with E-state index in [9.17, 15) is 5.11 Å². The highest BCUT2D eigenvalue weighted by Crippen LogP contribution is 2.39. The standard InChI is InChI=1S/C27H22Cl2FN9O2/c1-14-9-23(41-36-14)26(40)35-39-22-6-4-3-5-21(22)32-27(39)31-13-16-8-7-15(10-20(16)30)18-11-17(28)12-19(29)24(18)25-33-37-38(2)34-25/h3-12,26,35,40H,13H2,1-2H3,(H,31,32). The molecule has 1 unspecified atom stereocenters. The third kappa shape index (κ3) is 5.32. The monoisotopic (exact) mass is 593 g/mol. The van der Waals surface area contributed by atoms with Crippen molar-refractivity contribution in [3.05, 3.63) is 93.5 Å². The number of halogens is 3. The van der Waals surface area contributed by atoms with E-state index >= 15 is 4.39 Å². The second-order valence-electron chi connectivity index (χ2n) is 9.23. The van der Waals surface area contributed by atoms with Crippen molar-refractivity contribution in [1.82, 2.24) is 35.0 Å². The van der Waals surface area contributed by atoms with E-state index in [0.29, 0.717) is 60.8 Å². The molecule has 11 nitrogen and oxygen atoms in total. The SMILES string of the molecule is Cc1cc(C(O)Nn2c(NCc3ccc(-c4cc(Cl)cc(Cl)c4-c4nnn(C)n4)cc3F)nc3ccccc32)on1. The molecule has 0 fully saturated rings. The van der Waals surface area contributed by atoms with Gasteiger partial charge in [0.1, 0.15) is 5.82 Å². The zero-order valence-electron chi connectivity index (χ0n) is 21.7. The molecule has 0 saturated carbocycles. The van der Waals surface area contributed by atoms with E-state index < -0.39 is 12.0 Å².